The molecule has 0 heterocycles. The molecule has 2 aromatic carbocycles. The van der Waals surface area contributed by atoms with Crippen molar-refractivity contribution in [2.45, 2.75) is 64.4 Å². The smallest absolute Gasteiger partial charge is 0.387 e. The van der Waals surface area contributed by atoms with Crippen molar-refractivity contribution in [3.8, 4) is 16.9 Å². The summed E-state index contributed by atoms with van der Waals surface area (Å²) >= 11 is 0. The van der Waals surface area contributed by atoms with E-state index in [4.69, 9.17) is 0 Å². The quantitative estimate of drug-likeness (QED) is 0.521. The Kier molecular flexibility index (Phi) is 5.65. The highest BCUT2D eigenvalue weighted by Gasteiger charge is 2.36. The average molecular weight is 388 g/mol. The van der Waals surface area contributed by atoms with Crippen molar-refractivity contribution in [2.75, 3.05) is 0 Å². The minimum Gasteiger partial charge on any atom is -0.435 e. The molecular weight excluding hydrogens is 361 g/mol. The molecule has 2 aliphatic carbocycles. The Morgan fingerprint density at radius 3 is 2.54 bits per heavy atom. The van der Waals surface area contributed by atoms with E-state index in [1.807, 2.05) is 6.07 Å². The second-order valence-electron chi connectivity index (χ2n) is 8.27. The number of hydrogen-bond donors (Lipinski definition) is 0. The molecule has 0 spiro atoms. The van der Waals surface area contributed by atoms with Crippen LogP contribution in [-0.4, -0.2) is 6.61 Å². The molecule has 0 aromatic heterocycles. The van der Waals surface area contributed by atoms with Crippen LogP contribution in [0.2, 0.25) is 0 Å². The summed E-state index contributed by atoms with van der Waals surface area (Å²) in [5.74, 6) is 1.96. The van der Waals surface area contributed by atoms with Gasteiger partial charge < -0.3 is 4.74 Å². The van der Waals surface area contributed by atoms with Crippen molar-refractivity contribution in [1.29, 1.82) is 0 Å². The lowest BCUT2D eigenvalue weighted by molar-refractivity contribution is -0.0498. The molecule has 0 radical (unpaired) electrons. The van der Waals surface area contributed by atoms with E-state index in [0.717, 1.165) is 24.3 Å². The first-order valence-electron chi connectivity index (χ1n) is 10.4. The second kappa shape index (κ2) is 8.18. The zero-order valence-electron chi connectivity index (χ0n) is 16.3. The molecular formula is C24H27F3O. The van der Waals surface area contributed by atoms with Crippen molar-refractivity contribution in [3.05, 3.63) is 53.3 Å². The van der Waals surface area contributed by atoms with Gasteiger partial charge in [0, 0.05) is 5.56 Å². The highest BCUT2D eigenvalue weighted by molar-refractivity contribution is 5.67. The van der Waals surface area contributed by atoms with Crippen molar-refractivity contribution in [3.63, 3.8) is 0 Å². The number of alkyl halides is 2. The fourth-order valence-corrected chi connectivity index (χ4v) is 5.37. The molecule has 4 rings (SSSR count). The van der Waals surface area contributed by atoms with Gasteiger partial charge in [-0.15, -0.1) is 0 Å². The third kappa shape index (κ3) is 3.78. The molecule has 0 amide bonds. The highest BCUT2D eigenvalue weighted by Crippen LogP contribution is 2.49. The molecule has 4 heteroatoms. The van der Waals surface area contributed by atoms with Gasteiger partial charge in [-0.2, -0.15) is 8.78 Å². The summed E-state index contributed by atoms with van der Waals surface area (Å²) in [6.07, 6.45) is 8.13. The number of ether oxygens (including phenoxy) is 1. The summed E-state index contributed by atoms with van der Waals surface area (Å²) < 4.78 is 44.4. The summed E-state index contributed by atoms with van der Waals surface area (Å²) in [6.45, 7) is -0.600. The summed E-state index contributed by atoms with van der Waals surface area (Å²) in [6, 6.07) is 10.2. The van der Waals surface area contributed by atoms with Crippen molar-refractivity contribution in [2.24, 2.45) is 11.8 Å². The van der Waals surface area contributed by atoms with E-state index in [-0.39, 0.29) is 11.6 Å². The molecule has 0 saturated heterocycles. The van der Waals surface area contributed by atoms with E-state index in [2.05, 4.69) is 17.7 Å². The van der Waals surface area contributed by atoms with E-state index < -0.39 is 6.61 Å². The molecule has 1 fully saturated rings. The van der Waals surface area contributed by atoms with Crippen LogP contribution in [0.1, 0.15) is 62.5 Å². The van der Waals surface area contributed by atoms with Crippen LogP contribution < -0.4 is 4.74 Å². The van der Waals surface area contributed by atoms with Gasteiger partial charge in [0.25, 0.3) is 0 Å². The maximum absolute atomic E-state index is 15.4. The largest absolute Gasteiger partial charge is 0.435 e. The molecule has 1 nitrogen and oxygen atoms in total. The van der Waals surface area contributed by atoms with Crippen molar-refractivity contribution >= 4 is 0 Å². The Morgan fingerprint density at radius 1 is 1.04 bits per heavy atom. The van der Waals surface area contributed by atoms with Gasteiger partial charge in [0.15, 0.2) is 0 Å². The van der Waals surface area contributed by atoms with Gasteiger partial charge in [0.2, 0.25) is 0 Å². The Balaban J connectivity index is 1.58. The van der Waals surface area contributed by atoms with E-state index >= 15 is 4.39 Å². The summed E-state index contributed by atoms with van der Waals surface area (Å²) in [5.41, 5.74) is 3.29. The maximum atomic E-state index is 15.4. The topological polar surface area (TPSA) is 9.23 Å². The van der Waals surface area contributed by atoms with E-state index in [0.29, 0.717) is 23.0 Å². The Labute approximate surface area is 164 Å². The maximum Gasteiger partial charge on any atom is 0.387 e. The van der Waals surface area contributed by atoms with Crippen LogP contribution in [0.25, 0.3) is 11.1 Å². The average Bonchev–Trinajstić information content (AvgIpc) is 2.68. The van der Waals surface area contributed by atoms with Crippen LogP contribution in [-0.2, 0) is 6.42 Å². The van der Waals surface area contributed by atoms with Crippen LogP contribution in [0.5, 0.6) is 5.75 Å². The minimum atomic E-state index is -2.85. The summed E-state index contributed by atoms with van der Waals surface area (Å²) in [5, 5.41) is 0. The number of benzene rings is 2. The second-order valence-corrected chi connectivity index (χ2v) is 8.27. The van der Waals surface area contributed by atoms with Gasteiger partial charge in [0.1, 0.15) is 11.6 Å². The van der Waals surface area contributed by atoms with Gasteiger partial charge >= 0.3 is 6.61 Å². The third-order valence-electron chi connectivity index (χ3n) is 6.62. The third-order valence-corrected chi connectivity index (χ3v) is 6.62. The first kappa shape index (κ1) is 19.4. The van der Waals surface area contributed by atoms with Crippen LogP contribution >= 0.6 is 0 Å². The van der Waals surface area contributed by atoms with Gasteiger partial charge in [-0.05, 0) is 78.7 Å². The lowest BCUT2D eigenvalue weighted by Crippen LogP contribution is -2.28. The molecule has 0 N–H and O–H groups in total. The number of hydrogen-bond acceptors (Lipinski definition) is 1. The predicted octanol–water partition coefficient (Wildman–Crippen LogP) is 7.34. The summed E-state index contributed by atoms with van der Waals surface area (Å²) in [4.78, 5) is 0. The first-order chi connectivity index (χ1) is 13.6. The van der Waals surface area contributed by atoms with Gasteiger partial charge in [-0.25, -0.2) is 4.39 Å². The highest BCUT2D eigenvalue weighted by atomic mass is 19.3. The lowest BCUT2D eigenvalue weighted by Gasteiger charge is -2.41. The molecule has 3 unspecified atom stereocenters. The molecule has 2 aliphatic rings. The number of fused-ring (bicyclic) bond motifs is 3. The minimum absolute atomic E-state index is 0.0869. The number of halogens is 3. The van der Waals surface area contributed by atoms with Gasteiger partial charge in [-0.1, -0.05) is 44.0 Å². The zero-order chi connectivity index (χ0) is 19.7. The molecule has 2 aromatic rings. The Morgan fingerprint density at radius 2 is 1.82 bits per heavy atom. The van der Waals surface area contributed by atoms with E-state index in [1.165, 1.54) is 49.8 Å². The molecule has 3 atom stereocenters. The predicted molar refractivity (Wildman–Crippen MR) is 105 cm³/mol. The van der Waals surface area contributed by atoms with Crippen LogP contribution in [0, 0.1) is 17.7 Å². The van der Waals surface area contributed by atoms with Crippen LogP contribution in [0.15, 0.2) is 36.4 Å². The SMILES string of the molecule is CCCC1CCC2c3ccc(-c4ccc(OC(F)F)cc4)c(F)c3CCC2C1. The Bertz CT molecular complexity index is 815. The summed E-state index contributed by atoms with van der Waals surface area (Å²) in [7, 11) is 0. The standard InChI is InChI=1S/C24H27F3O/c1-2-3-15-4-10-19-17(14-15)7-11-22-21(19)13-12-20(23(22)25)16-5-8-18(9-6-16)28-24(26)27/h5-6,8-9,12-13,15,17,19,24H,2-4,7,10-11,14H2,1H3. The lowest BCUT2D eigenvalue weighted by atomic mass is 9.64. The Hall–Kier alpha value is -1.97. The molecule has 0 aliphatic heterocycles. The van der Waals surface area contributed by atoms with Gasteiger partial charge in [-0.3, -0.25) is 0 Å². The fraction of sp³-hybridized carbons (Fsp3) is 0.500. The normalized spacial score (nSPS) is 24.0. The number of rotatable bonds is 5. The molecule has 28 heavy (non-hydrogen) atoms. The fourth-order valence-electron chi connectivity index (χ4n) is 5.37. The van der Waals surface area contributed by atoms with Crippen LogP contribution in [0.4, 0.5) is 13.2 Å². The van der Waals surface area contributed by atoms with Crippen LogP contribution in [0.3, 0.4) is 0 Å². The molecule has 0 bridgehead atoms. The van der Waals surface area contributed by atoms with Crippen molar-refractivity contribution in [1.82, 2.24) is 0 Å². The zero-order valence-corrected chi connectivity index (χ0v) is 16.3. The van der Waals surface area contributed by atoms with E-state index in [9.17, 15) is 8.78 Å². The van der Waals surface area contributed by atoms with E-state index in [1.54, 1.807) is 12.1 Å². The van der Waals surface area contributed by atoms with Crippen molar-refractivity contribution < 1.29 is 17.9 Å². The van der Waals surface area contributed by atoms with Gasteiger partial charge in [0.05, 0.1) is 0 Å². The first-order valence-corrected chi connectivity index (χ1v) is 10.4. The molecule has 1 saturated carbocycles. The molecule has 150 valence electrons. The monoisotopic (exact) mass is 388 g/mol.